The number of nitrogens with two attached hydrogens (primary N) is 2. The van der Waals surface area contributed by atoms with Crippen molar-refractivity contribution < 1.29 is 15.0 Å². The van der Waals surface area contributed by atoms with Crippen LogP contribution in [0.5, 0.6) is 0 Å². The number of hydrogen-bond donors (Lipinski definition) is 4. The fourth-order valence-electron chi connectivity index (χ4n) is 8.54. The zero-order valence-electron chi connectivity index (χ0n) is 17.6. The fourth-order valence-corrected chi connectivity index (χ4v) is 8.54. The summed E-state index contributed by atoms with van der Waals surface area (Å²) >= 11 is 0. The number of carboxylic acids is 1. The van der Waals surface area contributed by atoms with Crippen LogP contribution >= 0.6 is 0 Å². The second-order valence-corrected chi connectivity index (χ2v) is 11.2. The van der Waals surface area contributed by atoms with Gasteiger partial charge in [-0.3, -0.25) is 4.79 Å². The maximum absolute atomic E-state index is 11.2. The number of fused-ring (bicyclic) bond motifs is 5. The van der Waals surface area contributed by atoms with E-state index < -0.39 is 12.0 Å². The molecule has 0 aromatic carbocycles. The molecule has 0 spiro atoms. The van der Waals surface area contributed by atoms with Gasteiger partial charge in [0.2, 0.25) is 0 Å². The quantitative estimate of drug-likeness (QED) is 0.587. The first kappa shape index (κ1) is 20.6. The first-order valence-corrected chi connectivity index (χ1v) is 11.6. The van der Waals surface area contributed by atoms with E-state index in [9.17, 15) is 15.0 Å². The van der Waals surface area contributed by atoms with Crippen molar-refractivity contribution in [3.05, 3.63) is 0 Å². The molecule has 10 atom stereocenters. The molecule has 0 amide bonds. The van der Waals surface area contributed by atoms with E-state index in [0.29, 0.717) is 29.6 Å². The van der Waals surface area contributed by atoms with E-state index in [2.05, 4.69) is 13.8 Å². The lowest BCUT2D eigenvalue weighted by atomic mass is 9.44. The molecule has 4 saturated carbocycles. The molecule has 4 aliphatic rings. The van der Waals surface area contributed by atoms with E-state index >= 15 is 0 Å². The van der Waals surface area contributed by atoms with Crippen molar-refractivity contribution in [3.63, 3.8) is 0 Å². The van der Waals surface area contributed by atoms with Gasteiger partial charge in [-0.1, -0.05) is 13.8 Å². The van der Waals surface area contributed by atoms with Gasteiger partial charge in [0.15, 0.2) is 0 Å². The van der Waals surface area contributed by atoms with Gasteiger partial charge in [0, 0.05) is 6.04 Å². The fraction of sp³-hybridized carbons (Fsp3) is 0.957. The molecule has 0 saturated heterocycles. The zero-order valence-corrected chi connectivity index (χ0v) is 17.6. The maximum atomic E-state index is 11.2. The molecule has 0 unspecified atom stereocenters. The number of aliphatic carboxylic acids is 1. The molecule has 0 aromatic heterocycles. The van der Waals surface area contributed by atoms with Crippen molar-refractivity contribution in [2.75, 3.05) is 0 Å². The molecule has 4 fully saturated rings. The first-order valence-electron chi connectivity index (χ1n) is 11.6. The lowest BCUT2D eigenvalue weighted by Crippen LogP contribution is -2.55. The molecular formula is C23H40N2O3. The highest BCUT2D eigenvalue weighted by molar-refractivity contribution is 5.73. The van der Waals surface area contributed by atoms with Gasteiger partial charge >= 0.3 is 5.97 Å². The Kier molecular flexibility index (Phi) is 5.33. The zero-order chi connectivity index (χ0) is 20.3. The summed E-state index contributed by atoms with van der Waals surface area (Å²) in [5.74, 6) is 2.42. The first-order chi connectivity index (χ1) is 13.2. The standard InChI is InChI=1S/C23H40N2O3/c1-22-9-7-14(26)11-13(22)3-4-15-16-5-6-18(19(24)12-20(25)21(27)28)23(16,2)10-8-17(15)22/h13-20,26H,3-12,24-25H2,1-2H3,(H,27,28)/t13-,14-,15+,16+,17+,18-,19-,20+,22+,23+/m1/s1. The highest BCUT2D eigenvalue weighted by Gasteiger charge is 2.60. The largest absolute Gasteiger partial charge is 0.480 e. The molecule has 6 N–H and O–H groups in total. The van der Waals surface area contributed by atoms with Crippen LogP contribution in [-0.4, -0.2) is 34.4 Å². The predicted octanol–water partition coefficient (Wildman–Crippen LogP) is 3.14. The summed E-state index contributed by atoms with van der Waals surface area (Å²) in [5.41, 5.74) is 13.0. The number of aliphatic hydroxyl groups is 1. The third-order valence-electron chi connectivity index (χ3n) is 10.1. The Balaban J connectivity index is 1.51. The minimum absolute atomic E-state index is 0.0872. The Hall–Kier alpha value is -0.650. The second-order valence-electron chi connectivity index (χ2n) is 11.2. The van der Waals surface area contributed by atoms with Crippen molar-refractivity contribution in [2.45, 2.75) is 96.2 Å². The van der Waals surface area contributed by atoms with E-state index in [1.807, 2.05) is 0 Å². The van der Waals surface area contributed by atoms with Crippen molar-refractivity contribution in [1.29, 1.82) is 0 Å². The van der Waals surface area contributed by atoms with Crippen LogP contribution in [0.4, 0.5) is 0 Å². The van der Waals surface area contributed by atoms with E-state index in [1.54, 1.807) is 0 Å². The SMILES string of the molecule is C[C@]12CC[C@@H](O)C[C@H]1CC[C@@H]1[C@@H]2CC[C@]2(C)[C@@H]([C@H](N)C[C@H](N)C(=O)O)CC[C@@H]12. The smallest absolute Gasteiger partial charge is 0.320 e. The molecule has 160 valence electrons. The minimum atomic E-state index is -0.940. The summed E-state index contributed by atoms with van der Waals surface area (Å²) in [6, 6.07) is -0.966. The second kappa shape index (κ2) is 7.24. The van der Waals surface area contributed by atoms with Crippen LogP contribution in [0, 0.1) is 40.4 Å². The summed E-state index contributed by atoms with van der Waals surface area (Å²) in [4.78, 5) is 11.2. The van der Waals surface area contributed by atoms with Gasteiger partial charge < -0.3 is 21.7 Å². The van der Waals surface area contributed by atoms with Crippen LogP contribution in [0.3, 0.4) is 0 Å². The highest BCUT2D eigenvalue weighted by atomic mass is 16.4. The molecule has 0 aliphatic heterocycles. The van der Waals surface area contributed by atoms with E-state index in [4.69, 9.17) is 11.5 Å². The van der Waals surface area contributed by atoms with E-state index in [-0.39, 0.29) is 17.6 Å². The number of aliphatic hydroxyl groups excluding tert-OH is 1. The molecule has 5 heteroatoms. The van der Waals surface area contributed by atoms with Crippen molar-refractivity contribution in [1.82, 2.24) is 0 Å². The van der Waals surface area contributed by atoms with E-state index in [0.717, 1.165) is 31.1 Å². The van der Waals surface area contributed by atoms with Crippen LogP contribution in [0.25, 0.3) is 0 Å². The topological polar surface area (TPSA) is 110 Å². The number of carboxylic acid groups (broad SMARTS) is 1. The van der Waals surface area contributed by atoms with Crippen LogP contribution in [0.1, 0.15) is 78.1 Å². The Morgan fingerprint density at radius 3 is 2.39 bits per heavy atom. The minimum Gasteiger partial charge on any atom is -0.480 e. The maximum Gasteiger partial charge on any atom is 0.320 e. The Bertz CT molecular complexity index is 613. The Morgan fingerprint density at radius 1 is 1.00 bits per heavy atom. The third kappa shape index (κ3) is 3.13. The highest BCUT2D eigenvalue weighted by Crippen LogP contribution is 2.67. The van der Waals surface area contributed by atoms with Gasteiger partial charge in [-0.25, -0.2) is 0 Å². The van der Waals surface area contributed by atoms with Crippen LogP contribution in [0.2, 0.25) is 0 Å². The van der Waals surface area contributed by atoms with E-state index in [1.165, 1.54) is 38.5 Å². The summed E-state index contributed by atoms with van der Waals surface area (Å²) in [7, 11) is 0. The molecule has 28 heavy (non-hydrogen) atoms. The summed E-state index contributed by atoms with van der Waals surface area (Å²) in [5, 5.41) is 19.4. The number of carbonyl (C=O) groups is 1. The van der Waals surface area contributed by atoms with Gasteiger partial charge in [-0.2, -0.15) is 0 Å². The van der Waals surface area contributed by atoms with Gasteiger partial charge in [-0.15, -0.1) is 0 Å². The van der Waals surface area contributed by atoms with Gasteiger partial charge in [0.25, 0.3) is 0 Å². The Labute approximate surface area is 169 Å². The number of rotatable bonds is 4. The number of hydrogen-bond acceptors (Lipinski definition) is 4. The van der Waals surface area contributed by atoms with Crippen molar-refractivity contribution in [3.8, 4) is 0 Å². The molecule has 4 aliphatic carbocycles. The monoisotopic (exact) mass is 392 g/mol. The van der Waals surface area contributed by atoms with Gasteiger partial charge in [0.1, 0.15) is 6.04 Å². The lowest BCUT2D eigenvalue weighted by molar-refractivity contribution is -0.139. The van der Waals surface area contributed by atoms with Crippen LogP contribution in [-0.2, 0) is 4.79 Å². The molecule has 0 heterocycles. The Morgan fingerprint density at radius 2 is 1.68 bits per heavy atom. The molecule has 4 rings (SSSR count). The summed E-state index contributed by atoms with van der Waals surface area (Å²) in [6.07, 6.45) is 10.9. The normalized spacial score (nSPS) is 50.2. The van der Waals surface area contributed by atoms with Gasteiger partial charge in [-0.05, 0) is 105 Å². The lowest BCUT2D eigenvalue weighted by Gasteiger charge is -2.61. The van der Waals surface area contributed by atoms with Crippen molar-refractivity contribution in [2.24, 2.45) is 51.9 Å². The molecular weight excluding hydrogens is 352 g/mol. The molecule has 0 bridgehead atoms. The summed E-state index contributed by atoms with van der Waals surface area (Å²) in [6.45, 7) is 4.96. The molecule has 5 nitrogen and oxygen atoms in total. The third-order valence-corrected chi connectivity index (χ3v) is 10.1. The van der Waals surface area contributed by atoms with Crippen molar-refractivity contribution >= 4 is 5.97 Å². The average Bonchev–Trinajstić information content (AvgIpc) is 2.99. The predicted molar refractivity (Wildman–Crippen MR) is 109 cm³/mol. The average molecular weight is 393 g/mol. The summed E-state index contributed by atoms with van der Waals surface area (Å²) < 4.78 is 0. The van der Waals surface area contributed by atoms with Gasteiger partial charge in [0.05, 0.1) is 6.10 Å². The van der Waals surface area contributed by atoms with Crippen LogP contribution < -0.4 is 11.5 Å². The van der Waals surface area contributed by atoms with Crippen LogP contribution in [0.15, 0.2) is 0 Å². The molecule has 0 aromatic rings. The molecule has 0 radical (unpaired) electrons.